The number of methoxy groups -OCH3 is 1. The number of aryl methyl sites for hydroxylation is 1. The van der Waals surface area contributed by atoms with Gasteiger partial charge in [0.05, 0.1) is 7.11 Å². The van der Waals surface area contributed by atoms with Gasteiger partial charge in [-0.05, 0) is 38.0 Å². The van der Waals surface area contributed by atoms with Gasteiger partial charge in [0, 0.05) is 23.6 Å². The van der Waals surface area contributed by atoms with Gasteiger partial charge in [-0.3, -0.25) is 19.2 Å². The number of esters is 1. The molecule has 0 fully saturated rings. The second-order valence-electron chi connectivity index (χ2n) is 5.13. The first-order valence-corrected chi connectivity index (χ1v) is 7.24. The summed E-state index contributed by atoms with van der Waals surface area (Å²) in [6.45, 7) is 2.77. The zero-order valence-electron chi connectivity index (χ0n) is 13.8. The molecule has 0 spiro atoms. The fraction of sp³-hybridized carbons (Fsp3) is 0.278. The highest BCUT2D eigenvalue weighted by Crippen LogP contribution is 2.16. The summed E-state index contributed by atoms with van der Waals surface area (Å²) in [4.78, 5) is 57.3. The van der Waals surface area contributed by atoms with Crippen LogP contribution in [0.3, 0.4) is 0 Å². The minimum absolute atomic E-state index is 0.107. The Morgan fingerprint density at radius 2 is 1.67 bits per heavy atom. The molecular weight excluding hydrogens is 312 g/mol. The zero-order chi connectivity index (χ0) is 18.3. The van der Waals surface area contributed by atoms with E-state index in [9.17, 15) is 24.0 Å². The molecule has 0 aromatic heterocycles. The van der Waals surface area contributed by atoms with E-state index in [1.807, 2.05) is 0 Å². The Balaban J connectivity index is 2.83. The monoisotopic (exact) mass is 330 g/mol. The maximum atomic E-state index is 11.8. The number of carbonyl (C=O) groups excluding carboxylic acids is 5. The van der Waals surface area contributed by atoms with Crippen LogP contribution in [0.25, 0.3) is 0 Å². The number of rotatable bonds is 8. The fourth-order valence-electron chi connectivity index (χ4n) is 2.02. The Hall–Kier alpha value is -2.89. The molecule has 0 unspecified atom stereocenters. The molecule has 0 atom stereocenters. The normalized spacial score (nSPS) is 10.5. The molecule has 1 aromatic carbocycles. The van der Waals surface area contributed by atoms with E-state index in [1.54, 1.807) is 12.1 Å². The van der Waals surface area contributed by atoms with Crippen LogP contribution in [-0.4, -0.2) is 36.2 Å². The molecule has 24 heavy (non-hydrogen) atoms. The average molecular weight is 330 g/mol. The molecule has 0 amide bonds. The van der Waals surface area contributed by atoms with Crippen molar-refractivity contribution in [2.75, 3.05) is 7.11 Å². The van der Waals surface area contributed by atoms with Gasteiger partial charge in [-0.2, -0.15) is 0 Å². The lowest BCUT2D eigenvalue weighted by atomic mass is 9.95. The summed E-state index contributed by atoms with van der Waals surface area (Å²) in [6, 6.07) is 4.67. The number of allylic oxidation sites excluding steroid dienone is 1. The molecule has 0 aliphatic rings. The highest BCUT2D eigenvalue weighted by Gasteiger charge is 2.15. The Bertz CT molecular complexity index is 727. The summed E-state index contributed by atoms with van der Waals surface area (Å²) in [5.74, 6) is -2.61. The predicted octanol–water partition coefficient (Wildman–Crippen LogP) is 1.89. The van der Waals surface area contributed by atoms with E-state index in [4.69, 9.17) is 0 Å². The number of Topliss-reactive ketones (excluding diaryl/α,β-unsaturated/α-hetero) is 3. The molecule has 0 aliphatic carbocycles. The lowest BCUT2D eigenvalue weighted by molar-refractivity contribution is -0.135. The minimum atomic E-state index is -0.815. The van der Waals surface area contributed by atoms with Crippen molar-refractivity contribution < 1.29 is 28.7 Å². The fourth-order valence-corrected chi connectivity index (χ4v) is 2.02. The summed E-state index contributed by atoms with van der Waals surface area (Å²) in [5.41, 5.74) is 1.35. The molecular formula is C18H18O6. The molecule has 6 nitrogen and oxygen atoms in total. The van der Waals surface area contributed by atoms with Crippen LogP contribution < -0.4 is 0 Å². The minimum Gasteiger partial charge on any atom is -0.466 e. The van der Waals surface area contributed by atoms with Crippen LogP contribution in [0.5, 0.6) is 0 Å². The third-order valence-corrected chi connectivity index (χ3v) is 3.36. The summed E-state index contributed by atoms with van der Waals surface area (Å²) >= 11 is 0. The topological polar surface area (TPSA) is 94.6 Å². The van der Waals surface area contributed by atoms with Crippen LogP contribution in [0.4, 0.5) is 0 Å². The molecule has 1 rings (SSSR count). The zero-order valence-corrected chi connectivity index (χ0v) is 13.8. The van der Waals surface area contributed by atoms with E-state index in [2.05, 4.69) is 4.74 Å². The molecule has 0 saturated carbocycles. The van der Waals surface area contributed by atoms with Gasteiger partial charge in [0.15, 0.2) is 11.6 Å². The number of benzene rings is 1. The summed E-state index contributed by atoms with van der Waals surface area (Å²) < 4.78 is 4.33. The van der Waals surface area contributed by atoms with Crippen LogP contribution in [0.15, 0.2) is 30.4 Å². The third kappa shape index (κ3) is 5.39. The van der Waals surface area contributed by atoms with E-state index >= 15 is 0 Å². The largest absolute Gasteiger partial charge is 0.466 e. The van der Waals surface area contributed by atoms with Crippen molar-refractivity contribution in [3.8, 4) is 0 Å². The van der Waals surface area contributed by atoms with Crippen molar-refractivity contribution in [3.63, 3.8) is 0 Å². The van der Waals surface area contributed by atoms with Crippen LogP contribution >= 0.6 is 0 Å². The molecule has 0 N–H and O–H groups in total. The number of carbonyl (C=O) groups is 5. The first kappa shape index (κ1) is 19.2. The van der Waals surface area contributed by atoms with Gasteiger partial charge in [-0.25, -0.2) is 4.79 Å². The van der Waals surface area contributed by atoms with Crippen molar-refractivity contribution >= 4 is 29.1 Å². The number of ketones is 4. The lowest BCUT2D eigenvalue weighted by Crippen LogP contribution is -2.13. The summed E-state index contributed by atoms with van der Waals surface area (Å²) in [7, 11) is 1.16. The predicted molar refractivity (Wildman–Crippen MR) is 85.9 cm³/mol. The van der Waals surface area contributed by atoms with Gasteiger partial charge in [-0.15, -0.1) is 0 Å². The van der Waals surface area contributed by atoms with E-state index < -0.39 is 17.5 Å². The molecule has 0 heterocycles. The van der Waals surface area contributed by atoms with Gasteiger partial charge in [-0.1, -0.05) is 12.1 Å². The second-order valence-corrected chi connectivity index (χ2v) is 5.13. The van der Waals surface area contributed by atoms with Crippen LogP contribution in [-0.2, 0) is 25.5 Å². The summed E-state index contributed by atoms with van der Waals surface area (Å²) in [6.07, 6.45) is 1.82. The molecule has 0 bridgehead atoms. The Morgan fingerprint density at radius 1 is 1.00 bits per heavy atom. The number of ether oxygens (including phenoxy) is 1. The third-order valence-electron chi connectivity index (χ3n) is 3.36. The van der Waals surface area contributed by atoms with Crippen LogP contribution in [0, 0.1) is 0 Å². The van der Waals surface area contributed by atoms with Crippen molar-refractivity contribution in [2.45, 2.75) is 26.7 Å². The molecule has 0 aliphatic heterocycles. The number of hydrogen-bond donors (Lipinski definition) is 0. The van der Waals surface area contributed by atoms with E-state index in [0.29, 0.717) is 16.7 Å². The molecule has 6 heteroatoms. The van der Waals surface area contributed by atoms with E-state index in [1.165, 1.54) is 19.9 Å². The van der Waals surface area contributed by atoms with Gasteiger partial charge in [0.1, 0.15) is 0 Å². The first-order valence-electron chi connectivity index (χ1n) is 7.24. The number of hydrogen-bond acceptors (Lipinski definition) is 6. The molecule has 0 radical (unpaired) electrons. The van der Waals surface area contributed by atoms with E-state index in [0.717, 1.165) is 19.3 Å². The second kappa shape index (κ2) is 8.67. The molecule has 126 valence electrons. The Morgan fingerprint density at radius 3 is 2.21 bits per heavy atom. The molecule has 0 saturated heterocycles. The van der Waals surface area contributed by atoms with Crippen LogP contribution in [0.2, 0.25) is 0 Å². The van der Waals surface area contributed by atoms with E-state index in [-0.39, 0.29) is 24.4 Å². The Kier molecular flexibility index (Phi) is 6.92. The quantitative estimate of drug-likeness (QED) is 0.313. The standard InChI is InChI=1S/C18H18O6/c1-11(19)14-5-4-13(15(10-14)12(2)20)6-7-16(21)17(22)8-9-18(23)24-3/h4-5,8-10H,6-7H2,1-3H3/b9-8+. The summed E-state index contributed by atoms with van der Waals surface area (Å²) in [5, 5.41) is 0. The van der Waals surface area contributed by atoms with Crippen molar-refractivity contribution in [2.24, 2.45) is 0 Å². The van der Waals surface area contributed by atoms with Gasteiger partial charge in [0.2, 0.25) is 11.6 Å². The maximum Gasteiger partial charge on any atom is 0.330 e. The Labute approximate surface area is 139 Å². The molecule has 1 aromatic rings. The van der Waals surface area contributed by atoms with Crippen LogP contribution in [0.1, 0.15) is 46.5 Å². The highest BCUT2D eigenvalue weighted by molar-refractivity contribution is 6.42. The van der Waals surface area contributed by atoms with Crippen molar-refractivity contribution in [3.05, 3.63) is 47.0 Å². The lowest BCUT2D eigenvalue weighted by Gasteiger charge is -2.08. The van der Waals surface area contributed by atoms with Gasteiger partial charge >= 0.3 is 5.97 Å². The van der Waals surface area contributed by atoms with Crippen molar-refractivity contribution in [1.29, 1.82) is 0 Å². The van der Waals surface area contributed by atoms with Crippen molar-refractivity contribution in [1.82, 2.24) is 0 Å². The van der Waals surface area contributed by atoms with Gasteiger partial charge in [0.25, 0.3) is 0 Å². The maximum absolute atomic E-state index is 11.8. The van der Waals surface area contributed by atoms with Gasteiger partial charge < -0.3 is 4.74 Å². The first-order chi connectivity index (χ1) is 11.3. The SMILES string of the molecule is COC(=O)/C=C/C(=O)C(=O)CCc1ccc(C(C)=O)cc1C(C)=O. The average Bonchev–Trinajstić information content (AvgIpc) is 2.56. The smallest absolute Gasteiger partial charge is 0.330 e. The highest BCUT2D eigenvalue weighted by atomic mass is 16.5.